The average Bonchev–Trinajstić information content (AvgIpc) is 2.17. The number of carbonyl (C=O) groups excluding carboxylic acids is 1. The van der Waals surface area contributed by atoms with Crippen molar-refractivity contribution in [3.8, 4) is 5.75 Å². The van der Waals surface area contributed by atoms with E-state index < -0.39 is 11.6 Å². The van der Waals surface area contributed by atoms with E-state index >= 15 is 0 Å². The minimum absolute atomic E-state index is 0.0481. The highest BCUT2D eigenvalue weighted by Crippen LogP contribution is 2.25. The number of ether oxygens (including phenoxy) is 1. The lowest BCUT2D eigenvalue weighted by Gasteiger charge is -2.10. The molecule has 1 aromatic carbocycles. The monoisotopic (exact) mass is 214 g/mol. The molecule has 1 aromatic rings. The van der Waals surface area contributed by atoms with E-state index in [1.165, 1.54) is 13.0 Å². The van der Waals surface area contributed by atoms with E-state index in [1.54, 1.807) is 6.92 Å². The van der Waals surface area contributed by atoms with Crippen LogP contribution < -0.4 is 4.74 Å². The summed E-state index contributed by atoms with van der Waals surface area (Å²) in [6.45, 7) is 3.28. The standard InChI is InChI=1S/C11H12F2O2/c1-3-15-11-8(6-7(2)14)4-5-9(12)10(11)13/h4-5H,3,6H2,1-2H3. The summed E-state index contributed by atoms with van der Waals surface area (Å²) in [5.41, 5.74) is 0.378. The summed E-state index contributed by atoms with van der Waals surface area (Å²) >= 11 is 0. The van der Waals surface area contributed by atoms with Crippen LogP contribution in [0.3, 0.4) is 0 Å². The molecule has 1 rings (SSSR count). The molecule has 0 N–H and O–H groups in total. The highest BCUT2D eigenvalue weighted by atomic mass is 19.2. The number of benzene rings is 1. The summed E-state index contributed by atoms with van der Waals surface area (Å²) in [5, 5.41) is 0. The van der Waals surface area contributed by atoms with Crippen molar-refractivity contribution in [2.24, 2.45) is 0 Å². The lowest BCUT2D eigenvalue weighted by Crippen LogP contribution is -2.05. The number of Topliss-reactive ketones (excluding diaryl/α,β-unsaturated/α-hetero) is 1. The van der Waals surface area contributed by atoms with Crippen LogP contribution in [0.1, 0.15) is 19.4 Å². The van der Waals surface area contributed by atoms with E-state index in [0.29, 0.717) is 5.56 Å². The zero-order valence-electron chi connectivity index (χ0n) is 8.64. The van der Waals surface area contributed by atoms with Gasteiger partial charge in [0.15, 0.2) is 11.6 Å². The molecule has 0 saturated carbocycles. The van der Waals surface area contributed by atoms with Gasteiger partial charge < -0.3 is 4.74 Å². The Morgan fingerprint density at radius 3 is 2.60 bits per heavy atom. The van der Waals surface area contributed by atoms with E-state index in [4.69, 9.17) is 4.74 Å². The molecule has 0 aliphatic heterocycles. The molecule has 0 bridgehead atoms. The van der Waals surface area contributed by atoms with Gasteiger partial charge in [0, 0.05) is 12.0 Å². The van der Waals surface area contributed by atoms with Crippen molar-refractivity contribution in [2.45, 2.75) is 20.3 Å². The number of hydrogen-bond donors (Lipinski definition) is 0. The lowest BCUT2D eigenvalue weighted by atomic mass is 10.1. The maximum atomic E-state index is 13.3. The third kappa shape index (κ3) is 2.75. The van der Waals surface area contributed by atoms with Crippen molar-refractivity contribution >= 4 is 5.78 Å². The molecule has 0 aliphatic carbocycles. The minimum Gasteiger partial charge on any atom is -0.490 e. The zero-order chi connectivity index (χ0) is 11.4. The molecule has 82 valence electrons. The van der Waals surface area contributed by atoms with E-state index in [2.05, 4.69) is 0 Å². The normalized spacial score (nSPS) is 10.1. The summed E-state index contributed by atoms with van der Waals surface area (Å²) in [5.74, 6) is -2.28. The molecule has 0 amide bonds. The van der Waals surface area contributed by atoms with Crippen LogP contribution in [0.2, 0.25) is 0 Å². The first-order valence-electron chi connectivity index (χ1n) is 4.65. The Morgan fingerprint density at radius 2 is 2.07 bits per heavy atom. The first-order chi connectivity index (χ1) is 7.06. The molecule has 0 fully saturated rings. The molecule has 0 spiro atoms. The number of rotatable bonds is 4. The fraction of sp³-hybridized carbons (Fsp3) is 0.364. The largest absolute Gasteiger partial charge is 0.490 e. The molecule has 15 heavy (non-hydrogen) atoms. The van der Waals surface area contributed by atoms with Gasteiger partial charge in [-0.2, -0.15) is 4.39 Å². The second kappa shape index (κ2) is 4.87. The molecule has 0 saturated heterocycles. The van der Waals surface area contributed by atoms with E-state index in [9.17, 15) is 13.6 Å². The predicted molar refractivity (Wildman–Crippen MR) is 51.9 cm³/mol. The molecule has 2 nitrogen and oxygen atoms in total. The van der Waals surface area contributed by atoms with Crippen LogP contribution >= 0.6 is 0 Å². The molecule has 4 heteroatoms. The second-order valence-corrected chi connectivity index (χ2v) is 3.16. The van der Waals surface area contributed by atoms with Crippen molar-refractivity contribution in [1.29, 1.82) is 0 Å². The van der Waals surface area contributed by atoms with Crippen LogP contribution in [0.5, 0.6) is 5.75 Å². The molecular formula is C11H12F2O2. The van der Waals surface area contributed by atoms with Gasteiger partial charge in [-0.25, -0.2) is 4.39 Å². The number of ketones is 1. The Balaban J connectivity index is 3.14. The van der Waals surface area contributed by atoms with Gasteiger partial charge in [-0.1, -0.05) is 6.07 Å². The summed E-state index contributed by atoms with van der Waals surface area (Å²) < 4.78 is 31.2. The fourth-order valence-corrected chi connectivity index (χ4v) is 1.28. The Morgan fingerprint density at radius 1 is 1.40 bits per heavy atom. The number of halogens is 2. The van der Waals surface area contributed by atoms with Crippen LogP contribution in [-0.2, 0) is 11.2 Å². The molecule has 0 atom stereocenters. The molecule has 0 unspecified atom stereocenters. The van der Waals surface area contributed by atoms with Crippen molar-refractivity contribution < 1.29 is 18.3 Å². The van der Waals surface area contributed by atoms with Gasteiger partial charge in [-0.05, 0) is 19.9 Å². The summed E-state index contributed by atoms with van der Waals surface area (Å²) in [4.78, 5) is 10.9. The molecular weight excluding hydrogens is 202 g/mol. The Kier molecular flexibility index (Phi) is 3.77. The van der Waals surface area contributed by atoms with Gasteiger partial charge in [0.1, 0.15) is 5.78 Å². The fourth-order valence-electron chi connectivity index (χ4n) is 1.28. The number of carbonyl (C=O) groups is 1. The van der Waals surface area contributed by atoms with E-state index in [-0.39, 0.29) is 24.6 Å². The van der Waals surface area contributed by atoms with Crippen molar-refractivity contribution in [3.63, 3.8) is 0 Å². The molecule has 0 aromatic heterocycles. The number of hydrogen-bond acceptors (Lipinski definition) is 2. The SMILES string of the molecule is CCOc1c(CC(C)=O)ccc(F)c1F. The Labute approximate surface area is 86.9 Å². The van der Waals surface area contributed by atoms with Crippen LogP contribution in [0, 0.1) is 11.6 Å². The highest BCUT2D eigenvalue weighted by Gasteiger charge is 2.15. The first-order valence-corrected chi connectivity index (χ1v) is 4.65. The van der Waals surface area contributed by atoms with Crippen molar-refractivity contribution in [1.82, 2.24) is 0 Å². The van der Waals surface area contributed by atoms with E-state index in [1.807, 2.05) is 0 Å². The van der Waals surface area contributed by atoms with Crippen LogP contribution in [0.25, 0.3) is 0 Å². The van der Waals surface area contributed by atoms with E-state index in [0.717, 1.165) is 6.07 Å². The lowest BCUT2D eigenvalue weighted by molar-refractivity contribution is -0.116. The molecule has 0 radical (unpaired) electrons. The van der Waals surface area contributed by atoms with Gasteiger partial charge in [0.05, 0.1) is 6.61 Å². The van der Waals surface area contributed by atoms with Gasteiger partial charge in [0.25, 0.3) is 0 Å². The smallest absolute Gasteiger partial charge is 0.200 e. The maximum absolute atomic E-state index is 13.3. The van der Waals surface area contributed by atoms with Crippen molar-refractivity contribution in [2.75, 3.05) is 6.61 Å². The highest BCUT2D eigenvalue weighted by molar-refractivity contribution is 5.79. The van der Waals surface area contributed by atoms with Gasteiger partial charge >= 0.3 is 0 Å². The quantitative estimate of drug-likeness (QED) is 0.769. The predicted octanol–water partition coefficient (Wildman–Crippen LogP) is 2.50. The first kappa shape index (κ1) is 11.6. The zero-order valence-corrected chi connectivity index (χ0v) is 8.64. The Hall–Kier alpha value is -1.45. The Bertz CT molecular complexity index is 375. The third-order valence-electron chi connectivity index (χ3n) is 1.86. The average molecular weight is 214 g/mol. The topological polar surface area (TPSA) is 26.3 Å². The van der Waals surface area contributed by atoms with Crippen molar-refractivity contribution in [3.05, 3.63) is 29.3 Å². The summed E-state index contributed by atoms with van der Waals surface area (Å²) in [6.07, 6.45) is 0.0481. The van der Waals surface area contributed by atoms with Crippen LogP contribution in [0.4, 0.5) is 8.78 Å². The van der Waals surface area contributed by atoms with Gasteiger partial charge in [-0.3, -0.25) is 4.79 Å². The van der Waals surface area contributed by atoms with Gasteiger partial charge in [-0.15, -0.1) is 0 Å². The maximum Gasteiger partial charge on any atom is 0.200 e. The molecule has 0 heterocycles. The van der Waals surface area contributed by atoms with Gasteiger partial charge in [0.2, 0.25) is 5.82 Å². The second-order valence-electron chi connectivity index (χ2n) is 3.16. The summed E-state index contributed by atoms with van der Waals surface area (Å²) in [6, 6.07) is 2.36. The third-order valence-corrected chi connectivity index (χ3v) is 1.86. The van der Waals surface area contributed by atoms with Crippen LogP contribution in [-0.4, -0.2) is 12.4 Å². The summed E-state index contributed by atoms with van der Waals surface area (Å²) in [7, 11) is 0. The minimum atomic E-state index is -1.03. The van der Waals surface area contributed by atoms with Crippen LogP contribution in [0.15, 0.2) is 12.1 Å². The molecule has 0 aliphatic rings.